The van der Waals surface area contributed by atoms with E-state index in [1.165, 1.54) is 0 Å². The molecule has 2 amide bonds. The maximum absolute atomic E-state index is 12.5. The van der Waals surface area contributed by atoms with E-state index >= 15 is 0 Å². The van der Waals surface area contributed by atoms with Gasteiger partial charge in [0.15, 0.2) is 11.5 Å². The van der Waals surface area contributed by atoms with Crippen LogP contribution < -0.4 is 20.1 Å². The fourth-order valence-electron chi connectivity index (χ4n) is 2.95. The van der Waals surface area contributed by atoms with Crippen molar-refractivity contribution in [3.8, 4) is 11.5 Å². The molecule has 0 aromatic heterocycles. The van der Waals surface area contributed by atoms with E-state index in [4.69, 9.17) is 21.1 Å². The van der Waals surface area contributed by atoms with Crippen molar-refractivity contribution in [3.05, 3.63) is 82.9 Å². The molecule has 0 saturated heterocycles. The van der Waals surface area contributed by atoms with Gasteiger partial charge < -0.3 is 20.1 Å². The number of benzene rings is 3. The SMILES string of the molecule is Cc1ccc(NC(=O)c2ccc(NC(=O)[C@@H]3COc4ccccc4O3)cc2)cc1Cl. The van der Waals surface area contributed by atoms with Crippen molar-refractivity contribution in [1.82, 2.24) is 0 Å². The largest absolute Gasteiger partial charge is 0.485 e. The molecule has 4 rings (SSSR count). The van der Waals surface area contributed by atoms with Gasteiger partial charge in [-0.1, -0.05) is 29.8 Å². The summed E-state index contributed by atoms with van der Waals surface area (Å²) in [6.45, 7) is 2.02. The van der Waals surface area contributed by atoms with Crippen molar-refractivity contribution >= 4 is 34.8 Å². The predicted molar refractivity (Wildman–Crippen MR) is 116 cm³/mol. The van der Waals surface area contributed by atoms with Crippen molar-refractivity contribution < 1.29 is 19.1 Å². The highest BCUT2D eigenvalue weighted by atomic mass is 35.5. The van der Waals surface area contributed by atoms with Crippen LogP contribution in [0.5, 0.6) is 11.5 Å². The quantitative estimate of drug-likeness (QED) is 0.640. The third-order valence-corrected chi connectivity index (χ3v) is 5.05. The van der Waals surface area contributed by atoms with Gasteiger partial charge in [-0.05, 0) is 61.0 Å². The molecule has 1 atom stereocenters. The Morgan fingerprint density at radius 3 is 2.37 bits per heavy atom. The fourth-order valence-corrected chi connectivity index (χ4v) is 3.13. The van der Waals surface area contributed by atoms with Gasteiger partial charge in [-0.3, -0.25) is 9.59 Å². The molecule has 0 saturated carbocycles. The summed E-state index contributed by atoms with van der Waals surface area (Å²) in [4.78, 5) is 24.9. The summed E-state index contributed by atoms with van der Waals surface area (Å²) in [5.74, 6) is 0.559. The summed E-state index contributed by atoms with van der Waals surface area (Å²) in [5, 5.41) is 6.16. The molecule has 0 radical (unpaired) electrons. The summed E-state index contributed by atoms with van der Waals surface area (Å²) in [6.07, 6.45) is -0.755. The summed E-state index contributed by atoms with van der Waals surface area (Å²) in [5.41, 5.74) is 2.56. The molecule has 1 aliphatic rings. The fraction of sp³-hybridized carbons (Fsp3) is 0.130. The molecule has 3 aromatic rings. The molecule has 6 nitrogen and oxygen atoms in total. The normalized spacial score (nSPS) is 14.7. The van der Waals surface area contributed by atoms with Crippen LogP contribution in [-0.2, 0) is 4.79 Å². The maximum atomic E-state index is 12.5. The van der Waals surface area contributed by atoms with Crippen LogP contribution in [0.1, 0.15) is 15.9 Å². The van der Waals surface area contributed by atoms with E-state index in [-0.39, 0.29) is 18.4 Å². The Morgan fingerprint density at radius 1 is 0.933 bits per heavy atom. The van der Waals surface area contributed by atoms with Gasteiger partial charge in [-0.2, -0.15) is 0 Å². The molecular formula is C23H19ClN2O4. The second-order valence-corrected chi connectivity index (χ2v) is 7.26. The number of carbonyl (C=O) groups excluding carboxylic acids is 2. The van der Waals surface area contributed by atoms with Crippen LogP contribution in [0.15, 0.2) is 66.7 Å². The van der Waals surface area contributed by atoms with Gasteiger partial charge in [-0.15, -0.1) is 0 Å². The lowest BCUT2D eigenvalue weighted by atomic mass is 10.1. The maximum Gasteiger partial charge on any atom is 0.269 e. The molecule has 0 spiro atoms. The van der Waals surface area contributed by atoms with Crippen LogP contribution in [0.2, 0.25) is 5.02 Å². The Kier molecular flexibility index (Phi) is 5.59. The number of carbonyl (C=O) groups is 2. The van der Waals surface area contributed by atoms with Gasteiger partial charge in [-0.25, -0.2) is 0 Å². The molecule has 0 aliphatic carbocycles. The van der Waals surface area contributed by atoms with Crippen molar-refractivity contribution in [2.45, 2.75) is 13.0 Å². The summed E-state index contributed by atoms with van der Waals surface area (Å²) < 4.78 is 11.3. The highest BCUT2D eigenvalue weighted by Crippen LogP contribution is 2.31. The first kappa shape index (κ1) is 19.8. The van der Waals surface area contributed by atoms with E-state index in [1.54, 1.807) is 48.5 Å². The highest BCUT2D eigenvalue weighted by Gasteiger charge is 2.27. The number of ether oxygens (including phenoxy) is 2. The minimum Gasteiger partial charge on any atom is -0.485 e. The highest BCUT2D eigenvalue weighted by molar-refractivity contribution is 6.31. The zero-order valence-electron chi connectivity index (χ0n) is 16.1. The third-order valence-electron chi connectivity index (χ3n) is 4.65. The Bertz CT molecular complexity index is 1100. The molecule has 0 unspecified atom stereocenters. The number of hydrogen-bond acceptors (Lipinski definition) is 4. The van der Waals surface area contributed by atoms with Crippen LogP contribution in [0.3, 0.4) is 0 Å². The standard InChI is InChI=1S/C23H19ClN2O4/c1-14-6-9-17(12-18(14)24)26-22(27)15-7-10-16(11-8-15)25-23(28)21-13-29-19-4-2-3-5-20(19)30-21/h2-12,21H,13H2,1H3,(H,25,28)(H,26,27)/t21-/m0/s1. The van der Waals surface area contributed by atoms with Crippen LogP contribution in [0.25, 0.3) is 0 Å². The lowest BCUT2D eigenvalue weighted by molar-refractivity contribution is -0.125. The molecule has 1 aliphatic heterocycles. The monoisotopic (exact) mass is 422 g/mol. The Labute approximate surface area is 178 Å². The van der Waals surface area contributed by atoms with E-state index in [2.05, 4.69) is 10.6 Å². The van der Waals surface area contributed by atoms with Gasteiger partial charge in [0, 0.05) is 22.0 Å². The first-order valence-corrected chi connectivity index (χ1v) is 9.74. The second-order valence-electron chi connectivity index (χ2n) is 6.85. The van der Waals surface area contributed by atoms with Gasteiger partial charge in [0.1, 0.15) is 6.61 Å². The Morgan fingerprint density at radius 2 is 1.63 bits per heavy atom. The third kappa shape index (κ3) is 4.39. The molecule has 3 aromatic carbocycles. The first-order valence-electron chi connectivity index (χ1n) is 9.36. The van der Waals surface area contributed by atoms with Crippen LogP contribution in [-0.4, -0.2) is 24.5 Å². The van der Waals surface area contributed by atoms with Gasteiger partial charge in [0.2, 0.25) is 6.10 Å². The number of aryl methyl sites for hydroxylation is 1. The smallest absolute Gasteiger partial charge is 0.269 e. The van der Waals surface area contributed by atoms with E-state index in [9.17, 15) is 9.59 Å². The average Bonchev–Trinajstić information content (AvgIpc) is 2.76. The molecule has 30 heavy (non-hydrogen) atoms. The zero-order chi connectivity index (χ0) is 21.1. The van der Waals surface area contributed by atoms with Crippen molar-refractivity contribution in [2.24, 2.45) is 0 Å². The topological polar surface area (TPSA) is 76.7 Å². The minimum atomic E-state index is -0.755. The summed E-state index contributed by atoms with van der Waals surface area (Å²) >= 11 is 6.09. The van der Waals surface area contributed by atoms with Crippen LogP contribution >= 0.6 is 11.6 Å². The molecule has 1 heterocycles. The first-order chi connectivity index (χ1) is 14.5. The number of para-hydroxylation sites is 2. The number of fused-ring (bicyclic) bond motifs is 1. The minimum absolute atomic E-state index is 0.127. The molecule has 0 bridgehead atoms. The summed E-state index contributed by atoms with van der Waals surface area (Å²) in [7, 11) is 0. The molecule has 7 heteroatoms. The number of halogens is 1. The van der Waals surface area contributed by atoms with Crippen molar-refractivity contribution in [1.29, 1.82) is 0 Å². The van der Waals surface area contributed by atoms with E-state index in [0.717, 1.165) is 5.56 Å². The number of anilines is 2. The molecule has 2 N–H and O–H groups in total. The zero-order valence-corrected chi connectivity index (χ0v) is 16.9. The Hall–Kier alpha value is -3.51. The van der Waals surface area contributed by atoms with E-state index in [1.807, 2.05) is 25.1 Å². The predicted octanol–water partition coefficient (Wildman–Crippen LogP) is 4.68. The average molecular weight is 423 g/mol. The summed E-state index contributed by atoms with van der Waals surface area (Å²) in [6, 6.07) is 19.1. The molecular weight excluding hydrogens is 404 g/mol. The van der Waals surface area contributed by atoms with Gasteiger partial charge in [0.25, 0.3) is 11.8 Å². The van der Waals surface area contributed by atoms with Crippen LogP contribution in [0.4, 0.5) is 11.4 Å². The number of nitrogens with one attached hydrogen (secondary N) is 2. The number of amides is 2. The lowest BCUT2D eigenvalue weighted by Gasteiger charge is -2.25. The lowest BCUT2D eigenvalue weighted by Crippen LogP contribution is -2.40. The van der Waals surface area contributed by atoms with Crippen LogP contribution in [0, 0.1) is 6.92 Å². The molecule has 0 fully saturated rings. The molecule has 152 valence electrons. The van der Waals surface area contributed by atoms with Gasteiger partial charge in [0.05, 0.1) is 0 Å². The van der Waals surface area contributed by atoms with Crippen molar-refractivity contribution in [3.63, 3.8) is 0 Å². The van der Waals surface area contributed by atoms with E-state index < -0.39 is 6.10 Å². The van der Waals surface area contributed by atoms with Crippen molar-refractivity contribution in [2.75, 3.05) is 17.2 Å². The number of rotatable bonds is 4. The Balaban J connectivity index is 1.37. The van der Waals surface area contributed by atoms with Gasteiger partial charge >= 0.3 is 0 Å². The second kappa shape index (κ2) is 8.47. The number of hydrogen-bond donors (Lipinski definition) is 2. The van der Waals surface area contributed by atoms with E-state index in [0.29, 0.717) is 33.5 Å².